The van der Waals surface area contributed by atoms with Crippen LogP contribution >= 0.6 is 0 Å². The van der Waals surface area contributed by atoms with Crippen molar-refractivity contribution in [3.8, 4) is 0 Å². The molecule has 4 heteroatoms. The van der Waals surface area contributed by atoms with Gasteiger partial charge < -0.3 is 10.3 Å². The molecule has 0 atom stereocenters. The molecule has 1 amide bonds. The standard InChI is InChI=1S/C22H21N3O/c1-15-6-8-16(9-7-15)13-24-22(26)11-10-17-12-19-18-4-2-3-5-20(18)25-21(19)14-23-17/h2-9,12,14,25H,10-11,13H2,1H3,(H,24,26). The first kappa shape index (κ1) is 16.3. The fourth-order valence-electron chi connectivity index (χ4n) is 3.17. The van der Waals surface area contributed by atoms with Crippen LogP contribution in [0.5, 0.6) is 0 Å². The first-order valence-corrected chi connectivity index (χ1v) is 8.86. The molecule has 2 heterocycles. The minimum Gasteiger partial charge on any atom is -0.353 e. The Balaban J connectivity index is 1.40. The first-order valence-electron chi connectivity index (χ1n) is 8.86. The van der Waals surface area contributed by atoms with E-state index < -0.39 is 0 Å². The molecule has 0 aliphatic rings. The van der Waals surface area contributed by atoms with Gasteiger partial charge in [0.2, 0.25) is 5.91 Å². The fourth-order valence-corrected chi connectivity index (χ4v) is 3.17. The van der Waals surface area contributed by atoms with Crippen molar-refractivity contribution in [3.05, 3.63) is 77.6 Å². The van der Waals surface area contributed by atoms with E-state index in [-0.39, 0.29) is 5.91 Å². The van der Waals surface area contributed by atoms with Gasteiger partial charge in [-0.05, 0) is 31.0 Å². The lowest BCUT2D eigenvalue weighted by molar-refractivity contribution is -0.121. The van der Waals surface area contributed by atoms with Crippen LogP contribution in [-0.4, -0.2) is 15.9 Å². The lowest BCUT2D eigenvalue weighted by Crippen LogP contribution is -2.23. The molecule has 0 bridgehead atoms. The topological polar surface area (TPSA) is 57.8 Å². The summed E-state index contributed by atoms with van der Waals surface area (Å²) in [6.07, 6.45) is 2.93. The van der Waals surface area contributed by atoms with Gasteiger partial charge in [-0.2, -0.15) is 0 Å². The van der Waals surface area contributed by atoms with E-state index in [1.54, 1.807) is 0 Å². The van der Waals surface area contributed by atoms with E-state index in [1.165, 1.54) is 10.9 Å². The summed E-state index contributed by atoms with van der Waals surface area (Å²) in [5.41, 5.74) is 5.41. The molecule has 2 aromatic heterocycles. The Bertz CT molecular complexity index is 1060. The number of aromatic amines is 1. The highest BCUT2D eigenvalue weighted by Crippen LogP contribution is 2.25. The van der Waals surface area contributed by atoms with E-state index >= 15 is 0 Å². The summed E-state index contributed by atoms with van der Waals surface area (Å²) in [5.74, 6) is 0.0476. The van der Waals surface area contributed by atoms with Crippen LogP contribution in [0.1, 0.15) is 23.2 Å². The summed E-state index contributed by atoms with van der Waals surface area (Å²) in [7, 11) is 0. The number of pyridine rings is 1. The average molecular weight is 343 g/mol. The molecule has 0 aliphatic carbocycles. The number of para-hydroxylation sites is 1. The van der Waals surface area contributed by atoms with Gasteiger partial charge in [0.1, 0.15) is 0 Å². The zero-order chi connectivity index (χ0) is 17.9. The predicted octanol–water partition coefficient (Wildman–Crippen LogP) is 4.27. The average Bonchev–Trinajstić information content (AvgIpc) is 3.04. The quantitative estimate of drug-likeness (QED) is 0.568. The van der Waals surface area contributed by atoms with Crippen LogP contribution in [-0.2, 0) is 17.8 Å². The number of nitrogens with one attached hydrogen (secondary N) is 2. The SMILES string of the molecule is Cc1ccc(CNC(=O)CCc2cc3c(cn2)[nH]c2ccccc23)cc1. The van der Waals surface area contributed by atoms with E-state index in [0.29, 0.717) is 19.4 Å². The maximum atomic E-state index is 12.1. The third-order valence-electron chi connectivity index (χ3n) is 4.67. The normalized spacial score (nSPS) is 11.1. The predicted molar refractivity (Wildman–Crippen MR) is 105 cm³/mol. The zero-order valence-corrected chi connectivity index (χ0v) is 14.8. The molecule has 0 aliphatic heterocycles. The molecule has 0 unspecified atom stereocenters. The second-order valence-corrected chi connectivity index (χ2v) is 6.65. The highest BCUT2D eigenvalue weighted by atomic mass is 16.1. The van der Waals surface area contributed by atoms with E-state index in [4.69, 9.17) is 0 Å². The van der Waals surface area contributed by atoms with Crippen molar-refractivity contribution in [2.75, 3.05) is 0 Å². The molecule has 4 nitrogen and oxygen atoms in total. The molecule has 2 aromatic carbocycles. The van der Waals surface area contributed by atoms with Gasteiger partial charge in [0.05, 0.1) is 11.7 Å². The highest BCUT2D eigenvalue weighted by molar-refractivity contribution is 6.06. The van der Waals surface area contributed by atoms with Crippen LogP contribution in [0.15, 0.2) is 60.8 Å². The van der Waals surface area contributed by atoms with E-state index in [2.05, 4.69) is 52.5 Å². The Labute approximate surface area is 152 Å². The second-order valence-electron chi connectivity index (χ2n) is 6.65. The van der Waals surface area contributed by atoms with Gasteiger partial charge in [0.25, 0.3) is 0 Å². The summed E-state index contributed by atoms with van der Waals surface area (Å²) in [6.45, 7) is 2.62. The number of nitrogens with zero attached hydrogens (tertiary/aromatic N) is 1. The van der Waals surface area contributed by atoms with Crippen molar-refractivity contribution in [1.29, 1.82) is 0 Å². The van der Waals surface area contributed by atoms with Crippen molar-refractivity contribution < 1.29 is 4.79 Å². The molecule has 2 N–H and O–H groups in total. The van der Waals surface area contributed by atoms with Gasteiger partial charge in [0.15, 0.2) is 0 Å². The molecule has 0 fully saturated rings. The molecular formula is C22H21N3O. The number of aromatic nitrogens is 2. The second kappa shape index (κ2) is 7.00. The molecule has 0 saturated carbocycles. The van der Waals surface area contributed by atoms with Crippen molar-refractivity contribution in [2.45, 2.75) is 26.3 Å². The lowest BCUT2D eigenvalue weighted by Gasteiger charge is -2.06. The highest BCUT2D eigenvalue weighted by Gasteiger charge is 2.07. The van der Waals surface area contributed by atoms with Gasteiger partial charge in [-0.15, -0.1) is 0 Å². The van der Waals surface area contributed by atoms with Gasteiger partial charge in [-0.25, -0.2) is 0 Å². The van der Waals surface area contributed by atoms with Crippen LogP contribution < -0.4 is 5.32 Å². The van der Waals surface area contributed by atoms with Crippen molar-refractivity contribution in [2.24, 2.45) is 0 Å². The number of amides is 1. The summed E-state index contributed by atoms with van der Waals surface area (Å²) in [6, 6.07) is 18.5. The number of H-pyrrole nitrogens is 1. The maximum Gasteiger partial charge on any atom is 0.220 e. The van der Waals surface area contributed by atoms with Gasteiger partial charge in [-0.1, -0.05) is 48.0 Å². The van der Waals surface area contributed by atoms with Crippen molar-refractivity contribution in [1.82, 2.24) is 15.3 Å². The molecule has 26 heavy (non-hydrogen) atoms. The minimum absolute atomic E-state index is 0.0476. The summed E-state index contributed by atoms with van der Waals surface area (Å²) >= 11 is 0. The molecule has 4 rings (SSSR count). The van der Waals surface area contributed by atoms with Gasteiger partial charge in [-0.3, -0.25) is 9.78 Å². The Hall–Kier alpha value is -3.14. The van der Waals surface area contributed by atoms with Crippen LogP contribution in [0.3, 0.4) is 0 Å². The number of hydrogen-bond acceptors (Lipinski definition) is 2. The van der Waals surface area contributed by atoms with Crippen LogP contribution in [0.4, 0.5) is 0 Å². The Morgan fingerprint density at radius 3 is 2.69 bits per heavy atom. The number of fused-ring (bicyclic) bond motifs is 3. The number of carbonyl (C=O) groups is 1. The van der Waals surface area contributed by atoms with E-state index in [9.17, 15) is 4.79 Å². The molecule has 0 spiro atoms. The fraction of sp³-hybridized carbons (Fsp3) is 0.182. The summed E-state index contributed by atoms with van der Waals surface area (Å²) < 4.78 is 0. The minimum atomic E-state index is 0.0476. The monoisotopic (exact) mass is 343 g/mol. The lowest BCUT2D eigenvalue weighted by atomic mass is 10.1. The molecular weight excluding hydrogens is 322 g/mol. The Morgan fingerprint density at radius 1 is 1.04 bits per heavy atom. The summed E-state index contributed by atoms with van der Waals surface area (Å²) in [4.78, 5) is 20.0. The van der Waals surface area contributed by atoms with E-state index in [1.807, 2.05) is 30.5 Å². The van der Waals surface area contributed by atoms with Crippen LogP contribution in [0, 0.1) is 6.92 Å². The van der Waals surface area contributed by atoms with Crippen molar-refractivity contribution >= 4 is 27.7 Å². The Kier molecular flexibility index (Phi) is 4.40. The number of benzene rings is 2. The smallest absolute Gasteiger partial charge is 0.220 e. The van der Waals surface area contributed by atoms with Crippen LogP contribution in [0.25, 0.3) is 21.8 Å². The third kappa shape index (κ3) is 3.45. The maximum absolute atomic E-state index is 12.1. The molecule has 4 aromatic rings. The number of aryl methyl sites for hydroxylation is 2. The van der Waals surface area contributed by atoms with E-state index in [0.717, 1.165) is 27.7 Å². The zero-order valence-electron chi connectivity index (χ0n) is 14.8. The number of rotatable bonds is 5. The molecule has 0 radical (unpaired) electrons. The van der Waals surface area contributed by atoms with Gasteiger partial charge >= 0.3 is 0 Å². The van der Waals surface area contributed by atoms with Crippen molar-refractivity contribution in [3.63, 3.8) is 0 Å². The van der Waals surface area contributed by atoms with Crippen LogP contribution in [0.2, 0.25) is 0 Å². The Morgan fingerprint density at radius 2 is 1.85 bits per heavy atom. The number of carbonyl (C=O) groups excluding carboxylic acids is 1. The van der Waals surface area contributed by atoms with Gasteiger partial charge in [0, 0.05) is 34.9 Å². The third-order valence-corrected chi connectivity index (χ3v) is 4.67. The number of hydrogen-bond donors (Lipinski definition) is 2. The first-order chi connectivity index (χ1) is 12.7. The molecule has 130 valence electrons. The molecule has 0 saturated heterocycles. The largest absolute Gasteiger partial charge is 0.353 e. The summed E-state index contributed by atoms with van der Waals surface area (Å²) in [5, 5.41) is 5.33.